The summed E-state index contributed by atoms with van der Waals surface area (Å²) in [6.45, 7) is 36.3. The average molecular weight is 990 g/mol. The van der Waals surface area contributed by atoms with Crippen molar-refractivity contribution in [3.63, 3.8) is 0 Å². The number of aromatic nitrogens is 2. The molecule has 4 nitrogen and oxygen atoms in total. The van der Waals surface area contributed by atoms with E-state index in [9.17, 15) is 0 Å². The van der Waals surface area contributed by atoms with Crippen molar-refractivity contribution >= 4 is 11.3 Å². The Morgan fingerprint density at radius 1 is 0.608 bits per heavy atom. The summed E-state index contributed by atoms with van der Waals surface area (Å²) in [6, 6.07) is 41.4. The van der Waals surface area contributed by atoms with Gasteiger partial charge in [0.25, 0.3) is 0 Å². The summed E-state index contributed by atoms with van der Waals surface area (Å²) >= 11 is 0. The molecule has 1 atom stereocenters. The third-order valence-corrected chi connectivity index (χ3v) is 12.0. The van der Waals surface area contributed by atoms with Gasteiger partial charge in [-0.3, -0.25) is 0 Å². The van der Waals surface area contributed by atoms with Crippen LogP contribution in [0.25, 0.3) is 39.0 Å². The molecule has 0 spiro atoms. The van der Waals surface area contributed by atoms with Crippen molar-refractivity contribution in [3.8, 4) is 33.4 Å². The van der Waals surface area contributed by atoms with Crippen LogP contribution in [0.15, 0.2) is 205 Å². The lowest BCUT2D eigenvalue weighted by molar-refractivity contribution is 0.693. The van der Waals surface area contributed by atoms with Gasteiger partial charge in [0, 0.05) is 35.9 Å². The lowest BCUT2D eigenvalue weighted by atomic mass is 9.90. The van der Waals surface area contributed by atoms with E-state index < -0.39 is 0 Å². The van der Waals surface area contributed by atoms with E-state index in [1.807, 2.05) is 67.5 Å². The van der Waals surface area contributed by atoms with Crippen LogP contribution >= 0.6 is 0 Å². The number of benzene rings is 5. The second kappa shape index (κ2) is 35.2. The minimum atomic E-state index is 0.417. The molecule has 2 N–H and O–H groups in total. The van der Waals surface area contributed by atoms with Crippen molar-refractivity contribution in [1.29, 1.82) is 0 Å². The molecule has 1 aromatic heterocycles. The minimum absolute atomic E-state index is 0.417. The molecule has 0 radical (unpaired) electrons. The predicted octanol–water partition coefficient (Wildman–Crippen LogP) is 20.3. The molecule has 74 heavy (non-hydrogen) atoms. The van der Waals surface area contributed by atoms with Gasteiger partial charge in [0.15, 0.2) is 5.82 Å². The molecule has 0 saturated carbocycles. The number of aryl methyl sites for hydroxylation is 5. The van der Waals surface area contributed by atoms with Crippen LogP contribution in [-0.4, -0.2) is 16.5 Å². The SMILES string of the molecule is C/C=C/CC.C/C=C\CC.CC.CC.C\C=C/C(C)=C\C(=C(/C)N)N(CC1=CC(c2ncccn2)=CC(C)C1)c1ccc(C)cc1.Cc1ccccc1-c1cc(-c2ccc(C)c(-c3ccccc3C)c2)ccc1C. The maximum atomic E-state index is 6.42. The Morgan fingerprint density at radius 2 is 1.08 bits per heavy atom. The Labute approximate surface area is 451 Å². The molecule has 0 bridgehead atoms. The number of nitrogens with two attached hydrogens (primary N) is 1. The highest BCUT2D eigenvalue weighted by atomic mass is 15.1. The number of nitrogens with zero attached hydrogens (tertiary/aromatic N) is 3. The van der Waals surface area contributed by atoms with E-state index in [0.717, 1.165) is 59.9 Å². The second-order valence-electron chi connectivity index (χ2n) is 18.2. The van der Waals surface area contributed by atoms with Crippen molar-refractivity contribution in [2.24, 2.45) is 11.7 Å². The van der Waals surface area contributed by atoms with Crippen LogP contribution in [0.1, 0.15) is 136 Å². The molecule has 0 amide bonds. The molecule has 6 aromatic rings. The average Bonchev–Trinajstić information content (AvgIpc) is 3.41. The van der Waals surface area contributed by atoms with Crippen molar-refractivity contribution in [2.75, 3.05) is 11.4 Å². The third-order valence-electron chi connectivity index (χ3n) is 12.0. The second-order valence-corrected chi connectivity index (χ2v) is 18.2. The molecule has 7 rings (SSSR count). The largest absolute Gasteiger partial charge is 0.401 e. The van der Waals surface area contributed by atoms with E-state index in [1.54, 1.807) is 12.4 Å². The highest BCUT2D eigenvalue weighted by molar-refractivity contribution is 5.81. The zero-order chi connectivity index (χ0) is 55.0. The summed E-state index contributed by atoms with van der Waals surface area (Å²) in [6.07, 6.45) is 26.1. The van der Waals surface area contributed by atoms with E-state index >= 15 is 0 Å². The summed E-state index contributed by atoms with van der Waals surface area (Å²) in [4.78, 5) is 11.2. The zero-order valence-corrected chi connectivity index (χ0v) is 48.6. The lowest BCUT2D eigenvalue weighted by Gasteiger charge is -2.30. The van der Waals surface area contributed by atoms with E-state index in [1.165, 1.54) is 66.8 Å². The third kappa shape index (κ3) is 20.5. The van der Waals surface area contributed by atoms with Crippen LogP contribution in [-0.2, 0) is 0 Å². The Bertz CT molecular complexity index is 2690. The standard InChI is InChI=1S/C28H34N4.C28H26.2C5H10.2C2H6/c1-6-8-21(3)17-27(23(5)29)32(26-11-9-20(2)10-12-26)19-24-15-22(4)16-25(18-24)28-30-13-7-14-31-28;1-19-9-5-7-11-25(19)27-17-23(15-13-21(27)3)24-16-14-22(4)28(18-24)26-12-8-6-10-20(26)2;2*1-3-5-4-2;2*1-2/h6-14,16-18,22H,15,19,29H2,1-5H3;5-18H,1-4H3;2*3,5H,4H2,1-2H3;2*1-2H3/b8-6-,21-17-,27-23-;;5-3+;5-3-;;. The molecule has 0 fully saturated rings. The van der Waals surface area contributed by atoms with E-state index in [4.69, 9.17) is 5.73 Å². The fourth-order valence-corrected chi connectivity index (χ4v) is 8.38. The summed E-state index contributed by atoms with van der Waals surface area (Å²) in [5, 5.41) is 0. The smallest absolute Gasteiger partial charge is 0.158 e. The monoisotopic (exact) mass is 989 g/mol. The topological polar surface area (TPSA) is 55.0 Å². The van der Waals surface area contributed by atoms with Crippen molar-refractivity contribution in [2.45, 2.75) is 137 Å². The summed E-state index contributed by atoms with van der Waals surface area (Å²) < 4.78 is 0. The van der Waals surface area contributed by atoms with Gasteiger partial charge in [-0.25, -0.2) is 9.97 Å². The van der Waals surface area contributed by atoms with Gasteiger partial charge in [-0.15, -0.1) is 0 Å². The highest BCUT2D eigenvalue weighted by Gasteiger charge is 2.20. The van der Waals surface area contributed by atoms with Crippen LogP contribution in [0.2, 0.25) is 0 Å². The normalized spacial score (nSPS) is 13.3. The molecule has 1 unspecified atom stereocenters. The number of rotatable bonds is 12. The van der Waals surface area contributed by atoms with Crippen LogP contribution < -0.4 is 10.6 Å². The first kappa shape index (κ1) is 63.1. The maximum absolute atomic E-state index is 6.42. The first-order valence-corrected chi connectivity index (χ1v) is 27.1. The van der Waals surface area contributed by atoms with Gasteiger partial charge in [-0.05, 0) is 198 Å². The van der Waals surface area contributed by atoms with Gasteiger partial charge in [0.05, 0.1) is 5.70 Å². The number of allylic oxidation sites excluding steroid dienone is 12. The van der Waals surface area contributed by atoms with Crippen molar-refractivity contribution in [1.82, 2.24) is 9.97 Å². The van der Waals surface area contributed by atoms with Crippen molar-refractivity contribution < 1.29 is 0 Å². The van der Waals surface area contributed by atoms with Gasteiger partial charge in [0.1, 0.15) is 0 Å². The molecule has 1 aliphatic rings. The zero-order valence-electron chi connectivity index (χ0n) is 48.6. The molecule has 392 valence electrons. The number of hydrogen-bond acceptors (Lipinski definition) is 4. The quantitative estimate of drug-likeness (QED) is 0.0980. The Balaban J connectivity index is 0.000000407. The Kier molecular flexibility index (Phi) is 30.0. The van der Waals surface area contributed by atoms with Gasteiger partial charge in [-0.1, -0.05) is 188 Å². The van der Waals surface area contributed by atoms with E-state index in [-0.39, 0.29) is 0 Å². The Morgan fingerprint density at radius 3 is 1.50 bits per heavy atom. The maximum Gasteiger partial charge on any atom is 0.158 e. The number of anilines is 1. The van der Waals surface area contributed by atoms with Gasteiger partial charge < -0.3 is 10.6 Å². The fourth-order valence-electron chi connectivity index (χ4n) is 8.38. The van der Waals surface area contributed by atoms with E-state index in [2.05, 4.69) is 235 Å². The van der Waals surface area contributed by atoms with Gasteiger partial charge in [0.2, 0.25) is 0 Å². The predicted molar refractivity (Wildman–Crippen MR) is 330 cm³/mol. The molecule has 1 aliphatic carbocycles. The van der Waals surface area contributed by atoms with Crippen molar-refractivity contribution in [3.05, 3.63) is 239 Å². The van der Waals surface area contributed by atoms with Gasteiger partial charge in [-0.2, -0.15) is 0 Å². The molecular weight excluding hydrogens is 897 g/mol. The highest BCUT2D eigenvalue weighted by Crippen LogP contribution is 2.35. The van der Waals surface area contributed by atoms with Crippen LogP contribution in [0, 0.1) is 40.5 Å². The van der Waals surface area contributed by atoms with Crippen LogP contribution in [0.3, 0.4) is 0 Å². The van der Waals surface area contributed by atoms with E-state index in [0.29, 0.717) is 5.92 Å². The minimum Gasteiger partial charge on any atom is -0.401 e. The number of hydrogen-bond donors (Lipinski definition) is 1. The summed E-state index contributed by atoms with van der Waals surface area (Å²) in [7, 11) is 0. The molecule has 4 heteroatoms. The Hall–Kier alpha value is -7.04. The molecule has 0 saturated heterocycles. The van der Waals surface area contributed by atoms with Gasteiger partial charge >= 0.3 is 0 Å². The molecule has 0 aliphatic heterocycles. The molecular formula is C70H92N4. The van der Waals surface area contributed by atoms with Crippen LogP contribution in [0.4, 0.5) is 5.69 Å². The van der Waals surface area contributed by atoms with Crippen LogP contribution in [0.5, 0.6) is 0 Å². The first-order valence-electron chi connectivity index (χ1n) is 27.1. The fraction of sp³-hybridized carbons (Fsp3) is 0.314. The first-order chi connectivity index (χ1) is 35.7. The molecule has 5 aromatic carbocycles. The summed E-state index contributed by atoms with van der Waals surface area (Å²) in [5.41, 5.74) is 27.2. The summed E-state index contributed by atoms with van der Waals surface area (Å²) in [5.74, 6) is 1.19. The molecule has 1 heterocycles. The lowest BCUT2D eigenvalue weighted by Crippen LogP contribution is -2.28.